The molecule has 0 aliphatic carbocycles. The van der Waals surface area contributed by atoms with Crippen molar-refractivity contribution in [2.24, 2.45) is 0 Å². The number of nitrogens with zero attached hydrogens (tertiary/aromatic N) is 4. The lowest BCUT2D eigenvalue weighted by Crippen LogP contribution is -2.09. The van der Waals surface area contributed by atoms with Crippen molar-refractivity contribution < 1.29 is 5.11 Å². The highest BCUT2D eigenvalue weighted by molar-refractivity contribution is 5.43. The minimum absolute atomic E-state index is 0.144. The van der Waals surface area contributed by atoms with Crippen LogP contribution in [0.15, 0.2) is 12.3 Å². The molecule has 0 amide bonds. The Labute approximate surface area is 105 Å². The number of aliphatic hydroxyl groups is 1. The summed E-state index contributed by atoms with van der Waals surface area (Å²) in [6.45, 7) is 3.96. The van der Waals surface area contributed by atoms with Crippen LogP contribution in [0.3, 0.4) is 0 Å². The standard InChI is InChI=1S/C12H17N5O/c1-8-6-9(2)16-12(15-8)17-11(13)10(7-14-17)4-3-5-18/h6-7,18H,3-5,13H2,1-2H3. The molecule has 0 aliphatic heterocycles. The van der Waals surface area contributed by atoms with Crippen molar-refractivity contribution in [2.45, 2.75) is 26.7 Å². The molecular weight excluding hydrogens is 230 g/mol. The Morgan fingerprint density at radius 1 is 1.28 bits per heavy atom. The van der Waals surface area contributed by atoms with E-state index in [0.717, 1.165) is 17.0 Å². The molecule has 0 radical (unpaired) electrons. The summed E-state index contributed by atoms with van der Waals surface area (Å²) in [4.78, 5) is 8.64. The summed E-state index contributed by atoms with van der Waals surface area (Å²) < 4.78 is 1.53. The largest absolute Gasteiger partial charge is 0.396 e. The Morgan fingerprint density at radius 3 is 2.56 bits per heavy atom. The third kappa shape index (κ3) is 2.48. The summed E-state index contributed by atoms with van der Waals surface area (Å²) in [6.07, 6.45) is 3.07. The Kier molecular flexibility index (Phi) is 3.57. The zero-order chi connectivity index (χ0) is 13.1. The Morgan fingerprint density at radius 2 is 1.94 bits per heavy atom. The van der Waals surface area contributed by atoms with Gasteiger partial charge in [0, 0.05) is 23.6 Å². The van der Waals surface area contributed by atoms with Gasteiger partial charge in [-0.15, -0.1) is 0 Å². The lowest BCUT2D eigenvalue weighted by molar-refractivity contribution is 0.288. The predicted octanol–water partition coefficient (Wildman–Crippen LogP) is 0.786. The van der Waals surface area contributed by atoms with Gasteiger partial charge in [0.2, 0.25) is 0 Å². The van der Waals surface area contributed by atoms with Crippen molar-refractivity contribution in [1.82, 2.24) is 19.7 Å². The van der Waals surface area contributed by atoms with Gasteiger partial charge in [-0.05, 0) is 32.8 Å². The highest BCUT2D eigenvalue weighted by Crippen LogP contribution is 2.16. The van der Waals surface area contributed by atoms with Crippen molar-refractivity contribution >= 4 is 5.82 Å². The molecule has 2 aromatic rings. The lowest BCUT2D eigenvalue weighted by Gasteiger charge is -2.05. The molecule has 6 heteroatoms. The summed E-state index contributed by atoms with van der Waals surface area (Å²) in [6, 6.07) is 1.90. The molecule has 0 spiro atoms. The predicted molar refractivity (Wildman–Crippen MR) is 68.4 cm³/mol. The fourth-order valence-corrected chi connectivity index (χ4v) is 1.82. The molecule has 18 heavy (non-hydrogen) atoms. The first-order valence-electron chi connectivity index (χ1n) is 5.87. The fourth-order valence-electron chi connectivity index (χ4n) is 1.82. The number of aliphatic hydroxyl groups excluding tert-OH is 1. The third-order valence-corrected chi connectivity index (χ3v) is 2.65. The number of aromatic nitrogens is 4. The molecule has 0 aliphatic rings. The van der Waals surface area contributed by atoms with Gasteiger partial charge in [0.25, 0.3) is 5.95 Å². The maximum absolute atomic E-state index is 8.82. The van der Waals surface area contributed by atoms with E-state index in [1.54, 1.807) is 6.20 Å². The molecule has 96 valence electrons. The molecule has 3 N–H and O–H groups in total. The van der Waals surface area contributed by atoms with Crippen LogP contribution in [0.4, 0.5) is 5.82 Å². The van der Waals surface area contributed by atoms with E-state index in [0.29, 0.717) is 24.6 Å². The van der Waals surface area contributed by atoms with E-state index < -0.39 is 0 Å². The van der Waals surface area contributed by atoms with E-state index >= 15 is 0 Å². The Hall–Kier alpha value is -1.95. The number of hydrogen-bond donors (Lipinski definition) is 2. The normalized spacial score (nSPS) is 10.8. The third-order valence-electron chi connectivity index (χ3n) is 2.65. The number of anilines is 1. The van der Waals surface area contributed by atoms with Crippen LogP contribution in [0.2, 0.25) is 0 Å². The van der Waals surface area contributed by atoms with Crippen molar-refractivity contribution in [3.05, 3.63) is 29.2 Å². The maximum Gasteiger partial charge on any atom is 0.252 e. The van der Waals surface area contributed by atoms with Crippen LogP contribution in [0.1, 0.15) is 23.4 Å². The number of rotatable bonds is 4. The van der Waals surface area contributed by atoms with Gasteiger partial charge in [-0.25, -0.2) is 9.97 Å². The van der Waals surface area contributed by atoms with Crippen LogP contribution in [0, 0.1) is 13.8 Å². The summed E-state index contributed by atoms with van der Waals surface area (Å²) in [7, 11) is 0. The van der Waals surface area contributed by atoms with Gasteiger partial charge in [0.1, 0.15) is 5.82 Å². The Balaban J connectivity index is 2.36. The lowest BCUT2D eigenvalue weighted by atomic mass is 10.2. The van der Waals surface area contributed by atoms with E-state index in [2.05, 4.69) is 15.1 Å². The molecule has 6 nitrogen and oxygen atoms in total. The van der Waals surface area contributed by atoms with Crippen LogP contribution in [-0.2, 0) is 6.42 Å². The quantitative estimate of drug-likeness (QED) is 0.833. The van der Waals surface area contributed by atoms with E-state index in [1.165, 1.54) is 4.68 Å². The first kappa shape index (κ1) is 12.5. The van der Waals surface area contributed by atoms with E-state index in [4.69, 9.17) is 10.8 Å². The van der Waals surface area contributed by atoms with Gasteiger partial charge in [0.05, 0.1) is 6.20 Å². The smallest absolute Gasteiger partial charge is 0.252 e. The summed E-state index contributed by atoms with van der Waals surface area (Å²) in [5.74, 6) is 1.02. The molecule has 2 rings (SSSR count). The van der Waals surface area contributed by atoms with Gasteiger partial charge in [-0.1, -0.05) is 0 Å². The highest BCUT2D eigenvalue weighted by atomic mass is 16.2. The molecular formula is C12H17N5O. The van der Waals surface area contributed by atoms with Gasteiger partial charge in [-0.2, -0.15) is 9.78 Å². The zero-order valence-electron chi connectivity index (χ0n) is 10.6. The average molecular weight is 247 g/mol. The van der Waals surface area contributed by atoms with Crippen LogP contribution in [0.5, 0.6) is 0 Å². The first-order valence-corrected chi connectivity index (χ1v) is 5.87. The summed E-state index contributed by atoms with van der Waals surface area (Å²) in [5, 5.41) is 13.0. The van der Waals surface area contributed by atoms with Crippen LogP contribution in [-0.4, -0.2) is 31.5 Å². The second-order valence-electron chi connectivity index (χ2n) is 4.24. The summed E-state index contributed by atoms with van der Waals surface area (Å²) in [5.41, 5.74) is 8.68. The minimum Gasteiger partial charge on any atom is -0.396 e. The molecule has 0 aromatic carbocycles. The second-order valence-corrected chi connectivity index (χ2v) is 4.24. The molecule has 2 aromatic heterocycles. The monoisotopic (exact) mass is 247 g/mol. The van der Waals surface area contributed by atoms with E-state index in [9.17, 15) is 0 Å². The second kappa shape index (κ2) is 5.14. The number of hydrogen-bond acceptors (Lipinski definition) is 5. The van der Waals surface area contributed by atoms with E-state index in [-0.39, 0.29) is 6.61 Å². The zero-order valence-corrected chi connectivity index (χ0v) is 10.6. The van der Waals surface area contributed by atoms with Gasteiger partial charge in [-0.3, -0.25) is 0 Å². The Bertz CT molecular complexity index is 529. The molecule has 2 heterocycles. The molecule has 0 unspecified atom stereocenters. The molecule has 0 bridgehead atoms. The minimum atomic E-state index is 0.144. The number of aryl methyl sites for hydroxylation is 3. The van der Waals surface area contributed by atoms with Gasteiger partial charge >= 0.3 is 0 Å². The summed E-state index contributed by atoms with van der Waals surface area (Å²) >= 11 is 0. The van der Waals surface area contributed by atoms with Crippen LogP contribution >= 0.6 is 0 Å². The van der Waals surface area contributed by atoms with Crippen LogP contribution < -0.4 is 5.73 Å². The van der Waals surface area contributed by atoms with Crippen LogP contribution in [0.25, 0.3) is 5.95 Å². The molecule has 0 fully saturated rings. The SMILES string of the molecule is Cc1cc(C)nc(-n2ncc(CCCO)c2N)n1. The van der Waals surface area contributed by atoms with E-state index in [1.807, 2.05) is 19.9 Å². The molecule has 0 saturated heterocycles. The fraction of sp³-hybridized carbons (Fsp3) is 0.417. The number of nitrogen functional groups attached to an aromatic ring is 1. The van der Waals surface area contributed by atoms with Gasteiger partial charge in [0.15, 0.2) is 0 Å². The number of nitrogens with two attached hydrogens (primary N) is 1. The highest BCUT2D eigenvalue weighted by Gasteiger charge is 2.11. The molecule has 0 saturated carbocycles. The first-order chi connectivity index (χ1) is 8.61. The van der Waals surface area contributed by atoms with Crippen molar-refractivity contribution in [1.29, 1.82) is 0 Å². The van der Waals surface area contributed by atoms with Gasteiger partial charge < -0.3 is 10.8 Å². The van der Waals surface area contributed by atoms with Crippen molar-refractivity contribution in [3.63, 3.8) is 0 Å². The van der Waals surface area contributed by atoms with Crippen molar-refractivity contribution in [2.75, 3.05) is 12.3 Å². The molecule has 0 atom stereocenters. The average Bonchev–Trinajstić information content (AvgIpc) is 2.67. The van der Waals surface area contributed by atoms with Crippen molar-refractivity contribution in [3.8, 4) is 5.95 Å². The topological polar surface area (TPSA) is 89.8 Å². The maximum atomic E-state index is 8.82.